The zero-order valence-electron chi connectivity index (χ0n) is 26.9. The zero-order valence-corrected chi connectivity index (χ0v) is 27.7. The van der Waals surface area contributed by atoms with Crippen LogP contribution in [0.1, 0.15) is 39.8 Å². The van der Waals surface area contributed by atoms with Crippen molar-refractivity contribution in [2.24, 2.45) is 5.10 Å². The lowest BCUT2D eigenvalue weighted by Gasteiger charge is -2.22. The fourth-order valence-electron chi connectivity index (χ4n) is 5.40. The second-order valence-electron chi connectivity index (χ2n) is 11.0. The summed E-state index contributed by atoms with van der Waals surface area (Å²) in [5, 5.41) is 29.0. The maximum atomic E-state index is 13.9. The number of carbonyl (C=O) groups is 2. The highest BCUT2D eigenvalue weighted by molar-refractivity contribution is 7.99. The molecule has 2 amide bonds. The summed E-state index contributed by atoms with van der Waals surface area (Å²) in [6, 6.07) is 25.4. The first-order chi connectivity index (χ1) is 24.2. The van der Waals surface area contributed by atoms with Gasteiger partial charge in [0.15, 0.2) is 11.0 Å². The van der Waals surface area contributed by atoms with Gasteiger partial charge in [-0.2, -0.15) is 5.10 Å². The number of methoxy groups -OCH3 is 2. The number of hydrazone groups is 1. The lowest BCUT2D eigenvalue weighted by Crippen LogP contribution is -2.28. The summed E-state index contributed by atoms with van der Waals surface area (Å²) in [6.07, 6.45) is 0.421. The van der Waals surface area contributed by atoms with E-state index in [9.17, 15) is 24.1 Å². The molecule has 1 aromatic heterocycles. The molecule has 0 spiro atoms. The molecule has 4 aromatic carbocycles. The van der Waals surface area contributed by atoms with Crippen LogP contribution in [-0.2, 0) is 11.3 Å². The summed E-state index contributed by atoms with van der Waals surface area (Å²) in [5.74, 6) is 0.321. The maximum Gasteiger partial charge on any atom is 0.269 e. The Morgan fingerprint density at radius 3 is 2.36 bits per heavy atom. The van der Waals surface area contributed by atoms with Gasteiger partial charge in [-0.15, -0.1) is 10.2 Å². The summed E-state index contributed by atoms with van der Waals surface area (Å²) in [6.45, 7) is -0.0519. The average molecular weight is 696 g/mol. The molecule has 0 saturated carbocycles. The Balaban J connectivity index is 1.25. The third-order valence-electron chi connectivity index (χ3n) is 7.94. The van der Waals surface area contributed by atoms with E-state index in [0.717, 1.165) is 22.9 Å². The number of nitro benzene ring substituents is 1. The van der Waals surface area contributed by atoms with Gasteiger partial charge in [-0.3, -0.25) is 24.3 Å². The monoisotopic (exact) mass is 695 g/mol. The van der Waals surface area contributed by atoms with Crippen LogP contribution in [0.3, 0.4) is 0 Å². The van der Waals surface area contributed by atoms with Crippen LogP contribution in [0.25, 0.3) is 5.69 Å². The number of non-ortho nitro benzene ring substituents is 1. The Labute approximate surface area is 289 Å². The van der Waals surface area contributed by atoms with Gasteiger partial charge in [0.2, 0.25) is 0 Å². The summed E-state index contributed by atoms with van der Waals surface area (Å²) < 4.78 is 26.4. The van der Waals surface area contributed by atoms with Crippen LogP contribution < -0.4 is 14.8 Å². The van der Waals surface area contributed by atoms with Crippen molar-refractivity contribution < 1.29 is 28.4 Å². The number of thioether (sulfide) groups is 1. The largest absolute Gasteiger partial charge is 0.497 e. The van der Waals surface area contributed by atoms with Crippen LogP contribution in [0.2, 0.25) is 0 Å². The van der Waals surface area contributed by atoms with Gasteiger partial charge in [-0.1, -0.05) is 36.0 Å². The van der Waals surface area contributed by atoms with Gasteiger partial charge in [0.05, 0.1) is 48.9 Å². The van der Waals surface area contributed by atoms with Gasteiger partial charge < -0.3 is 14.8 Å². The summed E-state index contributed by atoms with van der Waals surface area (Å²) in [5.41, 5.74) is 2.95. The molecule has 50 heavy (non-hydrogen) atoms. The van der Waals surface area contributed by atoms with E-state index < -0.39 is 16.9 Å². The van der Waals surface area contributed by atoms with Crippen molar-refractivity contribution >= 4 is 35.0 Å². The molecule has 5 aromatic rings. The van der Waals surface area contributed by atoms with Gasteiger partial charge in [0.1, 0.15) is 17.3 Å². The van der Waals surface area contributed by atoms with Crippen molar-refractivity contribution in [1.29, 1.82) is 0 Å². The highest BCUT2D eigenvalue weighted by Crippen LogP contribution is 2.35. The Bertz CT molecular complexity index is 2050. The van der Waals surface area contributed by atoms with E-state index in [4.69, 9.17) is 14.6 Å². The van der Waals surface area contributed by atoms with Gasteiger partial charge in [-0.05, 0) is 71.8 Å². The predicted molar refractivity (Wildman–Crippen MR) is 183 cm³/mol. The van der Waals surface area contributed by atoms with E-state index in [0.29, 0.717) is 40.3 Å². The number of carbonyl (C=O) groups excluding carboxylic acids is 2. The van der Waals surface area contributed by atoms with Gasteiger partial charge >= 0.3 is 0 Å². The maximum absolute atomic E-state index is 13.9. The van der Waals surface area contributed by atoms with Crippen molar-refractivity contribution in [1.82, 2.24) is 25.1 Å². The molecule has 13 nitrogen and oxygen atoms in total. The molecule has 1 atom stereocenters. The van der Waals surface area contributed by atoms with Crippen molar-refractivity contribution in [2.75, 3.05) is 20.0 Å². The molecule has 1 aliphatic rings. The Morgan fingerprint density at radius 2 is 1.68 bits per heavy atom. The molecule has 0 bridgehead atoms. The highest BCUT2D eigenvalue weighted by atomic mass is 32.2. The smallest absolute Gasteiger partial charge is 0.269 e. The molecule has 2 heterocycles. The number of aromatic nitrogens is 3. The Hall–Kier alpha value is -6.09. The fraction of sp³-hybridized carbons (Fsp3) is 0.171. The molecule has 0 radical (unpaired) electrons. The molecule has 0 aliphatic carbocycles. The van der Waals surface area contributed by atoms with Crippen molar-refractivity contribution in [3.05, 3.63) is 136 Å². The number of rotatable bonds is 12. The number of nitrogens with one attached hydrogen (secondary N) is 1. The molecule has 0 unspecified atom stereocenters. The second-order valence-corrected chi connectivity index (χ2v) is 11.9. The SMILES string of the molecule is COc1ccc(C2=NN(C(=O)CSc3nnc(CNC(=O)c4ccc([N+](=O)[O-])cc4)n3-c3ccccc3OC)[C@@H](c3ccc(F)cc3)C2)cc1. The summed E-state index contributed by atoms with van der Waals surface area (Å²) in [7, 11) is 3.11. The number of hydrogen-bond acceptors (Lipinski definition) is 10. The van der Waals surface area contributed by atoms with E-state index in [2.05, 4.69) is 15.5 Å². The number of benzene rings is 4. The lowest BCUT2D eigenvalue weighted by atomic mass is 9.98. The van der Waals surface area contributed by atoms with Crippen LogP contribution in [-0.4, -0.2) is 62.2 Å². The first-order valence-corrected chi connectivity index (χ1v) is 16.3. The number of para-hydroxylation sites is 2. The normalized spacial score (nSPS) is 13.9. The minimum absolute atomic E-state index is 0.0519. The van der Waals surface area contributed by atoms with Crippen LogP contribution in [0.4, 0.5) is 10.1 Å². The fourth-order valence-corrected chi connectivity index (χ4v) is 6.21. The Kier molecular flexibility index (Phi) is 10.1. The first-order valence-electron chi connectivity index (χ1n) is 15.3. The second kappa shape index (κ2) is 15.0. The number of halogens is 1. The van der Waals surface area contributed by atoms with Crippen molar-refractivity contribution in [2.45, 2.75) is 24.2 Å². The third kappa shape index (κ3) is 7.32. The number of nitrogens with zero attached hydrogens (tertiary/aromatic N) is 6. The molecule has 254 valence electrons. The van der Waals surface area contributed by atoms with Gasteiger partial charge in [0, 0.05) is 24.1 Å². The molecule has 1 N–H and O–H groups in total. The standard InChI is InChI=1S/C35H30FN7O6S/c1-48-27-17-11-22(12-18-27)28-19-30(23-7-13-25(36)14-8-23)42(40-28)33(44)21-50-35-39-38-32(41(35)29-5-3-4-6-31(29)49-2)20-37-34(45)24-9-15-26(16-10-24)43(46)47/h3-18,30H,19-21H2,1-2H3,(H,37,45)/t30-/m1/s1. The van der Waals surface area contributed by atoms with Crippen LogP contribution in [0.15, 0.2) is 107 Å². The highest BCUT2D eigenvalue weighted by Gasteiger charge is 2.33. The van der Waals surface area contributed by atoms with Crippen LogP contribution in [0, 0.1) is 15.9 Å². The predicted octanol–water partition coefficient (Wildman–Crippen LogP) is 5.73. The van der Waals surface area contributed by atoms with Gasteiger partial charge in [-0.25, -0.2) is 9.40 Å². The van der Waals surface area contributed by atoms with Crippen LogP contribution >= 0.6 is 11.8 Å². The molecule has 6 rings (SSSR count). The van der Waals surface area contributed by atoms with E-state index in [1.165, 1.54) is 48.5 Å². The molecule has 0 fully saturated rings. The first kappa shape index (κ1) is 33.8. The molecule has 1 aliphatic heterocycles. The van der Waals surface area contributed by atoms with E-state index >= 15 is 0 Å². The number of amides is 2. The Morgan fingerprint density at radius 1 is 0.960 bits per heavy atom. The third-order valence-corrected chi connectivity index (χ3v) is 8.86. The van der Waals surface area contributed by atoms with Gasteiger partial charge in [0.25, 0.3) is 17.5 Å². The number of ether oxygens (including phenoxy) is 2. The molecular formula is C35H30FN7O6S. The zero-order chi connectivity index (χ0) is 35.2. The minimum atomic E-state index is -0.541. The van der Waals surface area contributed by atoms with Crippen molar-refractivity contribution in [3.8, 4) is 17.2 Å². The lowest BCUT2D eigenvalue weighted by molar-refractivity contribution is -0.384. The van der Waals surface area contributed by atoms with Crippen molar-refractivity contribution in [3.63, 3.8) is 0 Å². The van der Waals surface area contributed by atoms with E-state index in [1.807, 2.05) is 30.3 Å². The number of hydrogen-bond donors (Lipinski definition) is 1. The molecular weight excluding hydrogens is 665 g/mol. The summed E-state index contributed by atoms with van der Waals surface area (Å²) in [4.78, 5) is 37.3. The topological polar surface area (TPSA) is 154 Å². The quantitative estimate of drug-likeness (QED) is 0.0979. The van der Waals surface area contributed by atoms with Crippen LogP contribution in [0.5, 0.6) is 11.5 Å². The molecule has 0 saturated heterocycles. The minimum Gasteiger partial charge on any atom is -0.497 e. The molecule has 15 heteroatoms. The average Bonchev–Trinajstić information content (AvgIpc) is 3.78. The van der Waals surface area contributed by atoms with E-state index in [1.54, 1.807) is 42.0 Å². The van der Waals surface area contributed by atoms with E-state index in [-0.39, 0.29) is 35.3 Å². The number of nitro groups is 1. The summed E-state index contributed by atoms with van der Waals surface area (Å²) >= 11 is 1.13.